The topological polar surface area (TPSA) is 87.3 Å². The number of nitrogens with one attached hydrogen (secondary N) is 3. The number of hydrogen-bond acceptors (Lipinski definition) is 3. The van der Waals surface area contributed by atoms with Crippen LogP contribution in [-0.4, -0.2) is 24.3 Å². The van der Waals surface area contributed by atoms with Crippen LogP contribution in [-0.2, 0) is 9.59 Å². The van der Waals surface area contributed by atoms with Crippen molar-refractivity contribution < 1.29 is 14.4 Å². The number of amides is 3. The fourth-order valence-electron chi connectivity index (χ4n) is 3.05. The Bertz CT molecular complexity index is 813. The SMILES string of the molecule is CC(=O)Nc1cc(NC(C)=O)cc(C(=O)NCC(c2ccccc2)C(C)C)c1. The van der Waals surface area contributed by atoms with E-state index >= 15 is 0 Å². The van der Waals surface area contributed by atoms with Crippen LogP contribution in [0.1, 0.15) is 49.5 Å². The minimum absolute atomic E-state index is 0.179. The van der Waals surface area contributed by atoms with Crippen LogP contribution in [0.2, 0.25) is 0 Å². The molecule has 0 radical (unpaired) electrons. The summed E-state index contributed by atoms with van der Waals surface area (Å²) in [5.74, 6) is -0.243. The molecular weight excluding hydrogens is 354 g/mol. The van der Waals surface area contributed by atoms with Gasteiger partial charge in [0.05, 0.1) is 0 Å². The first kappa shape index (κ1) is 21.2. The summed E-state index contributed by atoms with van der Waals surface area (Å²) in [7, 11) is 0. The lowest BCUT2D eigenvalue weighted by Gasteiger charge is -2.22. The molecular formula is C22H27N3O3. The molecule has 28 heavy (non-hydrogen) atoms. The number of anilines is 2. The van der Waals surface area contributed by atoms with Crippen LogP contribution >= 0.6 is 0 Å². The molecule has 0 aliphatic heterocycles. The van der Waals surface area contributed by atoms with Crippen molar-refractivity contribution in [1.29, 1.82) is 0 Å². The van der Waals surface area contributed by atoms with Gasteiger partial charge in [-0.1, -0.05) is 44.2 Å². The third-order valence-electron chi connectivity index (χ3n) is 4.35. The van der Waals surface area contributed by atoms with Gasteiger partial charge in [-0.05, 0) is 29.7 Å². The molecule has 1 unspecified atom stereocenters. The number of rotatable bonds is 7. The van der Waals surface area contributed by atoms with E-state index in [2.05, 4.69) is 41.9 Å². The summed E-state index contributed by atoms with van der Waals surface area (Å²) < 4.78 is 0. The standard InChI is InChI=1S/C22H27N3O3/c1-14(2)21(17-8-6-5-7-9-17)13-23-22(28)18-10-19(24-15(3)26)12-20(11-18)25-16(4)27/h5-12,14,21H,13H2,1-4H3,(H,23,28)(H,24,26)(H,25,27). The molecule has 0 heterocycles. The van der Waals surface area contributed by atoms with Crippen LogP contribution in [0, 0.1) is 5.92 Å². The summed E-state index contributed by atoms with van der Waals surface area (Å²) in [6.07, 6.45) is 0. The monoisotopic (exact) mass is 381 g/mol. The highest BCUT2D eigenvalue weighted by Gasteiger charge is 2.18. The number of carbonyl (C=O) groups excluding carboxylic acids is 3. The molecule has 148 valence electrons. The van der Waals surface area contributed by atoms with Gasteiger partial charge in [-0.3, -0.25) is 14.4 Å². The predicted molar refractivity (Wildman–Crippen MR) is 111 cm³/mol. The zero-order chi connectivity index (χ0) is 20.7. The molecule has 0 saturated carbocycles. The van der Waals surface area contributed by atoms with Crippen molar-refractivity contribution >= 4 is 29.1 Å². The van der Waals surface area contributed by atoms with Gasteiger partial charge in [0, 0.05) is 43.2 Å². The molecule has 0 fully saturated rings. The van der Waals surface area contributed by atoms with E-state index < -0.39 is 0 Å². The zero-order valence-electron chi connectivity index (χ0n) is 16.7. The highest BCUT2D eigenvalue weighted by molar-refractivity contribution is 5.99. The Balaban J connectivity index is 2.19. The quantitative estimate of drug-likeness (QED) is 0.682. The van der Waals surface area contributed by atoms with Gasteiger partial charge in [-0.2, -0.15) is 0 Å². The number of carbonyl (C=O) groups is 3. The Morgan fingerprint density at radius 2 is 1.39 bits per heavy atom. The van der Waals surface area contributed by atoms with Crippen LogP contribution in [0.5, 0.6) is 0 Å². The highest BCUT2D eigenvalue weighted by atomic mass is 16.2. The van der Waals surface area contributed by atoms with Gasteiger partial charge in [0.2, 0.25) is 11.8 Å². The van der Waals surface area contributed by atoms with Crippen molar-refractivity contribution in [2.24, 2.45) is 5.92 Å². The van der Waals surface area contributed by atoms with Gasteiger partial charge in [0.15, 0.2) is 0 Å². The Labute approximate surface area is 165 Å². The summed E-state index contributed by atoms with van der Waals surface area (Å²) in [6.45, 7) is 7.50. The summed E-state index contributed by atoms with van der Waals surface area (Å²) in [5.41, 5.74) is 2.44. The van der Waals surface area contributed by atoms with Gasteiger partial charge in [-0.15, -0.1) is 0 Å². The van der Waals surface area contributed by atoms with Gasteiger partial charge < -0.3 is 16.0 Å². The Morgan fingerprint density at radius 3 is 1.86 bits per heavy atom. The van der Waals surface area contributed by atoms with E-state index in [-0.39, 0.29) is 23.6 Å². The Morgan fingerprint density at radius 1 is 0.857 bits per heavy atom. The van der Waals surface area contributed by atoms with Crippen LogP contribution in [0.15, 0.2) is 48.5 Å². The second-order valence-electron chi connectivity index (χ2n) is 7.13. The molecule has 6 nitrogen and oxygen atoms in total. The Kier molecular flexibility index (Phi) is 7.32. The molecule has 2 aromatic rings. The van der Waals surface area contributed by atoms with E-state index in [1.54, 1.807) is 18.2 Å². The molecule has 6 heteroatoms. The van der Waals surface area contributed by atoms with Gasteiger partial charge in [0.1, 0.15) is 0 Å². The molecule has 0 aliphatic carbocycles. The van der Waals surface area contributed by atoms with Gasteiger partial charge in [-0.25, -0.2) is 0 Å². The van der Waals surface area contributed by atoms with E-state index in [1.165, 1.54) is 19.4 Å². The normalized spacial score (nSPS) is 11.6. The lowest BCUT2D eigenvalue weighted by atomic mass is 9.88. The second kappa shape index (κ2) is 9.69. The average Bonchev–Trinajstić information content (AvgIpc) is 2.61. The second-order valence-corrected chi connectivity index (χ2v) is 7.13. The minimum atomic E-state index is -0.264. The molecule has 0 aliphatic rings. The highest BCUT2D eigenvalue weighted by Crippen LogP contribution is 2.24. The molecule has 0 spiro atoms. The molecule has 0 saturated heterocycles. The molecule has 1 atom stereocenters. The van der Waals surface area contributed by atoms with Crippen LogP contribution < -0.4 is 16.0 Å². The molecule has 0 aromatic heterocycles. The van der Waals surface area contributed by atoms with Crippen molar-refractivity contribution in [3.63, 3.8) is 0 Å². The van der Waals surface area contributed by atoms with Crippen LogP contribution in [0.25, 0.3) is 0 Å². The van der Waals surface area contributed by atoms with Gasteiger partial charge in [0.25, 0.3) is 5.91 Å². The van der Waals surface area contributed by atoms with Crippen molar-refractivity contribution in [1.82, 2.24) is 5.32 Å². The summed E-state index contributed by atoms with van der Waals surface area (Å²) in [5, 5.41) is 8.28. The van der Waals surface area contributed by atoms with Gasteiger partial charge >= 0.3 is 0 Å². The first-order valence-corrected chi connectivity index (χ1v) is 9.29. The first-order chi connectivity index (χ1) is 13.3. The fraction of sp³-hybridized carbons (Fsp3) is 0.318. The van der Waals surface area contributed by atoms with E-state index in [1.807, 2.05) is 18.2 Å². The van der Waals surface area contributed by atoms with Crippen molar-refractivity contribution in [3.8, 4) is 0 Å². The molecule has 3 N–H and O–H groups in total. The van der Waals surface area contributed by atoms with E-state index in [0.29, 0.717) is 29.4 Å². The number of hydrogen-bond donors (Lipinski definition) is 3. The maximum absolute atomic E-state index is 12.7. The maximum atomic E-state index is 12.7. The lowest BCUT2D eigenvalue weighted by Crippen LogP contribution is -2.30. The van der Waals surface area contributed by atoms with Crippen molar-refractivity contribution in [2.75, 3.05) is 17.2 Å². The zero-order valence-corrected chi connectivity index (χ0v) is 16.7. The third kappa shape index (κ3) is 6.23. The average molecular weight is 381 g/mol. The van der Waals surface area contributed by atoms with Crippen LogP contribution in [0.3, 0.4) is 0 Å². The molecule has 0 bridgehead atoms. The van der Waals surface area contributed by atoms with E-state index in [9.17, 15) is 14.4 Å². The maximum Gasteiger partial charge on any atom is 0.251 e. The van der Waals surface area contributed by atoms with E-state index in [4.69, 9.17) is 0 Å². The minimum Gasteiger partial charge on any atom is -0.351 e. The fourth-order valence-corrected chi connectivity index (χ4v) is 3.05. The Hall–Kier alpha value is -3.15. The molecule has 2 rings (SSSR count). The smallest absolute Gasteiger partial charge is 0.251 e. The number of benzene rings is 2. The van der Waals surface area contributed by atoms with E-state index in [0.717, 1.165) is 0 Å². The lowest BCUT2D eigenvalue weighted by molar-refractivity contribution is -0.115. The molecule has 3 amide bonds. The summed E-state index contributed by atoms with van der Waals surface area (Å²) >= 11 is 0. The summed E-state index contributed by atoms with van der Waals surface area (Å²) in [4.78, 5) is 35.5. The van der Waals surface area contributed by atoms with Crippen molar-refractivity contribution in [2.45, 2.75) is 33.6 Å². The predicted octanol–water partition coefficient (Wildman–Crippen LogP) is 3.77. The summed E-state index contributed by atoms with van der Waals surface area (Å²) in [6, 6.07) is 14.9. The largest absolute Gasteiger partial charge is 0.351 e. The van der Waals surface area contributed by atoms with Crippen LogP contribution in [0.4, 0.5) is 11.4 Å². The first-order valence-electron chi connectivity index (χ1n) is 9.29. The third-order valence-corrected chi connectivity index (χ3v) is 4.35. The molecule has 2 aromatic carbocycles. The van der Waals surface area contributed by atoms with Crippen molar-refractivity contribution in [3.05, 3.63) is 59.7 Å².